The van der Waals surface area contributed by atoms with Crippen molar-refractivity contribution in [1.82, 2.24) is 4.90 Å². The summed E-state index contributed by atoms with van der Waals surface area (Å²) in [6, 6.07) is 9.34. The van der Waals surface area contributed by atoms with E-state index in [9.17, 15) is 9.18 Å². The molecular formula is C20H22ClFN2O3. The molecule has 2 aromatic rings. The third kappa shape index (κ3) is 4.34. The minimum Gasteiger partial charge on any atom is -0.497 e. The molecule has 1 heterocycles. The van der Waals surface area contributed by atoms with E-state index >= 15 is 0 Å². The van der Waals surface area contributed by atoms with Gasteiger partial charge in [0, 0.05) is 24.2 Å². The number of ether oxygens (including phenoxy) is 2. The fraction of sp³-hybridized carbons (Fsp3) is 0.350. The van der Waals surface area contributed by atoms with Crippen LogP contribution in [0.1, 0.15) is 12.8 Å². The van der Waals surface area contributed by atoms with Gasteiger partial charge in [0.1, 0.15) is 11.6 Å². The molecule has 7 heteroatoms. The number of rotatable bonds is 4. The number of halogens is 2. The van der Waals surface area contributed by atoms with Crippen LogP contribution >= 0.6 is 11.6 Å². The van der Waals surface area contributed by atoms with Crippen molar-refractivity contribution in [3.63, 3.8) is 0 Å². The molecule has 0 aliphatic carbocycles. The van der Waals surface area contributed by atoms with Crippen molar-refractivity contribution >= 4 is 23.4 Å². The van der Waals surface area contributed by atoms with Crippen LogP contribution in [0.25, 0.3) is 11.1 Å². The van der Waals surface area contributed by atoms with Gasteiger partial charge in [0.15, 0.2) is 6.23 Å². The van der Waals surface area contributed by atoms with Crippen molar-refractivity contribution in [3.8, 4) is 16.9 Å². The van der Waals surface area contributed by atoms with Crippen molar-refractivity contribution in [2.45, 2.75) is 19.1 Å². The Morgan fingerprint density at radius 3 is 2.74 bits per heavy atom. The van der Waals surface area contributed by atoms with Crippen LogP contribution in [0.4, 0.5) is 14.9 Å². The van der Waals surface area contributed by atoms with Gasteiger partial charge in [-0.25, -0.2) is 9.18 Å². The SMILES string of the molecule is COc1cc(Cl)cc(-c2cc(F)ccc2N(C)C(=O)O[C@H]2CCCN2C)c1. The second-order valence-electron chi connectivity index (χ2n) is 6.56. The molecule has 0 N–H and O–H groups in total. The second-order valence-corrected chi connectivity index (χ2v) is 7.00. The third-order valence-corrected chi connectivity index (χ3v) is 4.92. The zero-order chi connectivity index (χ0) is 19.6. The molecule has 5 nitrogen and oxygen atoms in total. The summed E-state index contributed by atoms with van der Waals surface area (Å²) in [5.41, 5.74) is 1.69. The zero-order valence-corrected chi connectivity index (χ0v) is 16.3. The van der Waals surface area contributed by atoms with Crippen LogP contribution in [-0.2, 0) is 4.74 Å². The van der Waals surface area contributed by atoms with Gasteiger partial charge in [0.2, 0.25) is 0 Å². The summed E-state index contributed by atoms with van der Waals surface area (Å²) < 4.78 is 24.8. The minimum absolute atomic E-state index is 0.241. The molecule has 27 heavy (non-hydrogen) atoms. The average Bonchev–Trinajstić information content (AvgIpc) is 3.05. The lowest BCUT2D eigenvalue weighted by Crippen LogP contribution is -2.36. The van der Waals surface area contributed by atoms with E-state index in [0.29, 0.717) is 27.6 Å². The smallest absolute Gasteiger partial charge is 0.415 e. The first-order chi connectivity index (χ1) is 12.9. The van der Waals surface area contributed by atoms with E-state index in [-0.39, 0.29) is 6.23 Å². The standard InChI is InChI=1S/C20H22ClFN2O3/c1-23-8-4-5-19(23)27-20(25)24(2)18-7-6-15(22)12-17(18)13-9-14(21)11-16(10-13)26-3/h6-7,9-12,19H,4-5,8H2,1-3H3/t19-/m0/s1. The Balaban J connectivity index is 1.94. The van der Waals surface area contributed by atoms with E-state index < -0.39 is 11.9 Å². The summed E-state index contributed by atoms with van der Waals surface area (Å²) in [6.07, 6.45) is 1.06. The first-order valence-corrected chi connectivity index (χ1v) is 9.06. The molecule has 1 amide bonds. The summed E-state index contributed by atoms with van der Waals surface area (Å²) in [5.74, 6) is 0.135. The fourth-order valence-electron chi connectivity index (χ4n) is 3.19. The first-order valence-electron chi connectivity index (χ1n) is 8.68. The monoisotopic (exact) mass is 392 g/mol. The Morgan fingerprint density at radius 2 is 2.07 bits per heavy atom. The van der Waals surface area contributed by atoms with Gasteiger partial charge in [0.25, 0.3) is 0 Å². The molecule has 1 saturated heterocycles. The van der Waals surface area contributed by atoms with Crippen molar-refractivity contribution in [2.75, 3.05) is 32.6 Å². The molecule has 0 bridgehead atoms. The molecule has 1 aliphatic rings. The lowest BCUT2D eigenvalue weighted by molar-refractivity contribution is 0.0315. The van der Waals surface area contributed by atoms with Gasteiger partial charge in [-0.2, -0.15) is 0 Å². The summed E-state index contributed by atoms with van der Waals surface area (Å²) in [6.45, 7) is 0.895. The van der Waals surface area contributed by atoms with Crippen molar-refractivity contribution in [1.29, 1.82) is 0 Å². The van der Waals surface area contributed by atoms with Crippen molar-refractivity contribution in [2.24, 2.45) is 0 Å². The molecule has 0 spiro atoms. The van der Waals surface area contributed by atoms with Gasteiger partial charge >= 0.3 is 6.09 Å². The molecule has 3 rings (SSSR count). The Hall–Kier alpha value is -2.31. The third-order valence-electron chi connectivity index (χ3n) is 4.70. The summed E-state index contributed by atoms with van der Waals surface area (Å²) >= 11 is 6.16. The number of carbonyl (C=O) groups excluding carboxylic acids is 1. The van der Waals surface area contributed by atoms with Crippen LogP contribution in [0.2, 0.25) is 5.02 Å². The van der Waals surface area contributed by atoms with Gasteiger partial charge < -0.3 is 9.47 Å². The normalized spacial score (nSPS) is 17.0. The van der Waals surface area contributed by atoms with Gasteiger partial charge in [-0.15, -0.1) is 0 Å². The number of amides is 1. The molecule has 0 radical (unpaired) electrons. The summed E-state index contributed by atoms with van der Waals surface area (Å²) in [7, 11) is 5.06. The Bertz CT molecular complexity index is 846. The molecule has 0 saturated carbocycles. The minimum atomic E-state index is -0.490. The maximum atomic E-state index is 14.0. The second kappa shape index (κ2) is 8.15. The lowest BCUT2D eigenvalue weighted by atomic mass is 10.0. The number of benzene rings is 2. The van der Waals surface area contributed by atoms with E-state index in [1.54, 1.807) is 31.3 Å². The topological polar surface area (TPSA) is 42.0 Å². The average molecular weight is 393 g/mol. The summed E-state index contributed by atoms with van der Waals surface area (Å²) in [5, 5.41) is 0.456. The highest BCUT2D eigenvalue weighted by atomic mass is 35.5. The van der Waals surface area contributed by atoms with Crippen LogP contribution in [-0.4, -0.2) is 45.0 Å². The molecule has 0 unspecified atom stereocenters. The molecular weight excluding hydrogens is 371 g/mol. The highest BCUT2D eigenvalue weighted by molar-refractivity contribution is 6.31. The highest BCUT2D eigenvalue weighted by Crippen LogP contribution is 2.35. The van der Waals surface area contributed by atoms with Gasteiger partial charge in [-0.3, -0.25) is 9.80 Å². The summed E-state index contributed by atoms with van der Waals surface area (Å²) in [4.78, 5) is 16.0. The maximum absolute atomic E-state index is 14.0. The van der Waals surface area contributed by atoms with Crippen LogP contribution in [0.15, 0.2) is 36.4 Å². The van der Waals surface area contributed by atoms with Crippen LogP contribution in [0, 0.1) is 5.82 Å². The highest BCUT2D eigenvalue weighted by Gasteiger charge is 2.27. The molecule has 0 aromatic heterocycles. The Labute approximate surface area is 163 Å². The quantitative estimate of drug-likeness (QED) is 0.751. The maximum Gasteiger partial charge on any atom is 0.415 e. The molecule has 1 atom stereocenters. The molecule has 2 aromatic carbocycles. The fourth-order valence-corrected chi connectivity index (χ4v) is 3.42. The Kier molecular flexibility index (Phi) is 5.87. The number of carbonyl (C=O) groups is 1. The molecule has 144 valence electrons. The van der Waals surface area contributed by atoms with Crippen molar-refractivity contribution < 1.29 is 18.7 Å². The first kappa shape index (κ1) is 19.5. The Morgan fingerprint density at radius 1 is 1.30 bits per heavy atom. The lowest BCUT2D eigenvalue weighted by Gasteiger charge is -2.25. The number of anilines is 1. The number of likely N-dealkylation sites (tertiary alicyclic amines) is 1. The van der Waals surface area contributed by atoms with E-state index in [0.717, 1.165) is 19.4 Å². The van der Waals surface area contributed by atoms with Gasteiger partial charge in [-0.1, -0.05) is 11.6 Å². The van der Waals surface area contributed by atoms with Crippen molar-refractivity contribution in [3.05, 3.63) is 47.2 Å². The zero-order valence-electron chi connectivity index (χ0n) is 15.5. The predicted molar refractivity (Wildman–Crippen MR) is 104 cm³/mol. The van der Waals surface area contributed by atoms with Crippen LogP contribution < -0.4 is 9.64 Å². The number of hydrogen-bond donors (Lipinski definition) is 0. The molecule has 1 aliphatic heterocycles. The molecule has 1 fully saturated rings. The number of nitrogens with zero attached hydrogens (tertiary/aromatic N) is 2. The van der Waals surface area contributed by atoms with E-state index in [4.69, 9.17) is 21.1 Å². The predicted octanol–water partition coefficient (Wildman–Crippen LogP) is 4.78. The van der Waals surface area contributed by atoms with E-state index in [1.807, 2.05) is 11.9 Å². The van der Waals surface area contributed by atoms with E-state index in [2.05, 4.69) is 0 Å². The van der Waals surface area contributed by atoms with Gasteiger partial charge in [0.05, 0.1) is 12.8 Å². The number of methoxy groups -OCH3 is 1. The van der Waals surface area contributed by atoms with Crippen LogP contribution in [0.3, 0.4) is 0 Å². The largest absolute Gasteiger partial charge is 0.497 e. The van der Waals surface area contributed by atoms with E-state index in [1.165, 1.54) is 24.1 Å². The van der Waals surface area contributed by atoms with Gasteiger partial charge in [-0.05, 0) is 61.9 Å². The van der Waals surface area contributed by atoms with Crippen LogP contribution in [0.5, 0.6) is 5.75 Å². The number of hydrogen-bond acceptors (Lipinski definition) is 4.